The van der Waals surface area contributed by atoms with Crippen LogP contribution in [0.25, 0.3) is 5.69 Å². The predicted molar refractivity (Wildman–Crippen MR) is 90.2 cm³/mol. The maximum Gasteiger partial charge on any atom is 0.272 e. The fraction of sp³-hybridized carbons (Fsp3) is 0.353. The number of piperidine rings is 1. The van der Waals surface area contributed by atoms with Gasteiger partial charge in [-0.2, -0.15) is 9.78 Å². The highest BCUT2D eigenvalue weighted by atomic mass is 16.2. The number of carbonyl (C=O) groups is 1. The van der Waals surface area contributed by atoms with Gasteiger partial charge < -0.3 is 4.90 Å². The Morgan fingerprint density at radius 1 is 1.20 bits per heavy atom. The lowest BCUT2D eigenvalue weighted by atomic mass is 9.96. The zero-order chi connectivity index (χ0) is 17.2. The van der Waals surface area contributed by atoms with Gasteiger partial charge in [0.25, 0.3) is 5.91 Å². The van der Waals surface area contributed by atoms with Crippen LogP contribution in [-0.2, 0) is 7.05 Å². The molecule has 1 atom stereocenters. The summed E-state index contributed by atoms with van der Waals surface area (Å²) in [4.78, 5) is 14.6. The molecule has 0 bridgehead atoms. The summed E-state index contributed by atoms with van der Waals surface area (Å²) in [6.07, 6.45) is 3.53. The first-order valence-corrected chi connectivity index (χ1v) is 8.35. The van der Waals surface area contributed by atoms with Gasteiger partial charge in [-0.25, -0.2) is 0 Å². The number of carbonyl (C=O) groups excluding carboxylic acids is 1. The minimum Gasteiger partial charge on any atom is -0.337 e. The van der Waals surface area contributed by atoms with E-state index in [2.05, 4.69) is 20.6 Å². The van der Waals surface area contributed by atoms with Crippen LogP contribution in [0.1, 0.15) is 35.1 Å². The highest BCUT2D eigenvalue weighted by molar-refractivity contribution is 5.92. The Bertz CT molecular complexity index is 870. The van der Waals surface area contributed by atoms with Gasteiger partial charge in [-0.05, 0) is 41.5 Å². The van der Waals surface area contributed by atoms with E-state index in [4.69, 9.17) is 0 Å². The third-order valence-electron chi connectivity index (χ3n) is 4.61. The topological polar surface area (TPSA) is 81.7 Å². The van der Waals surface area contributed by atoms with Crippen LogP contribution in [-0.4, -0.2) is 53.9 Å². The second-order valence-electron chi connectivity index (χ2n) is 6.21. The average Bonchev–Trinajstić information content (AvgIpc) is 3.31. The number of benzene rings is 1. The Balaban J connectivity index is 1.58. The number of hydrogen-bond donors (Lipinski definition) is 0. The fourth-order valence-corrected chi connectivity index (χ4v) is 3.32. The normalized spacial score (nSPS) is 17.6. The van der Waals surface area contributed by atoms with Crippen LogP contribution in [0.3, 0.4) is 0 Å². The van der Waals surface area contributed by atoms with Gasteiger partial charge in [0.2, 0.25) is 0 Å². The standard InChI is InChI=1S/C17H19N7O/c1-22-15(9-10-18-22)17(25)23-11-5-6-13(12-23)16-19-20-21-24(16)14-7-3-2-4-8-14/h2-4,7-10,13H,5-6,11-12H2,1H3. The van der Waals surface area contributed by atoms with Crippen LogP contribution < -0.4 is 0 Å². The van der Waals surface area contributed by atoms with Crippen molar-refractivity contribution in [3.63, 3.8) is 0 Å². The Morgan fingerprint density at radius 3 is 2.80 bits per heavy atom. The first kappa shape index (κ1) is 15.5. The fourth-order valence-electron chi connectivity index (χ4n) is 3.32. The van der Waals surface area contributed by atoms with E-state index in [0.29, 0.717) is 12.2 Å². The molecule has 0 saturated carbocycles. The van der Waals surface area contributed by atoms with E-state index >= 15 is 0 Å². The zero-order valence-corrected chi connectivity index (χ0v) is 14.0. The van der Waals surface area contributed by atoms with E-state index in [1.54, 1.807) is 28.7 Å². The summed E-state index contributed by atoms with van der Waals surface area (Å²) in [5.74, 6) is 0.915. The van der Waals surface area contributed by atoms with Gasteiger partial charge in [0.15, 0.2) is 5.82 Å². The monoisotopic (exact) mass is 337 g/mol. The maximum absolute atomic E-state index is 12.8. The zero-order valence-electron chi connectivity index (χ0n) is 14.0. The molecule has 0 radical (unpaired) electrons. The summed E-state index contributed by atoms with van der Waals surface area (Å²) in [6.45, 7) is 1.35. The SMILES string of the molecule is Cn1nccc1C(=O)N1CCCC(c2nnnn2-c2ccccc2)C1. The van der Waals surface area contributed by atoms with E-state index in [1.165, 1.54) is 0 Å². The molecule has 25 heavy (non-hydrogen) atoms. The number of aryl methyl sites for hydroxylation is 1. The van der Waals surface area contributed by atoms with Crippen molar-refractivity contribution in [3.05, 3.63) is 54.1 Å². The van der Waals surface area contributed by atoms with Gasteiger partial charge in [-0.1, -0.05) is 18.2 Å². The molecular weight excluding hydrogens is 318 g/mol. The van der Waals surface area contributed by atoms with E-state index in [9.17, 15) is 4.79 Å². The first-order chi connectivity index (χ1) is 12.2. The van der Waals surface area contributed by atoms with Crippen molar-refractivity contribution in [1.82, 2.24) is 34.9 Å². The maximum atomic E-state index is 12.8. The molecule has 1 fully saturated rings. The largest absolute Gasteiger partial charge is 0.337 e. The molecule has 4 rings (SSSR count). The number of hydrogen-bond acceptors (Lipinski definition) is 5. The Hall–Kier alpha value is -3.03. The molecule has 0 aliphatic carbocycles. The summed E-state index contributed by atoms with van der Waals surface area (Å²) >= 11 is 0. The molecule has 3 heterocycles. The molecular formula is C17H19N7O. The van der Waals surface area contributed by atoms with Crippen molar-refractivity contribution in [3.8, 4) is 5.69 Å². The molecule has 1 aliphatic rings. The molecule has 0 N–H and O–H groups in total. The van der Waals surface area contributed by atoms with Crippen molar-refractivity contribution in [1.29, 1.82) is 0 Å². The van der Waals surface area contributed by atoms with Crippen molar-refractivity contribution in [2.24, 2.45) is 7.05 Å². The van der Waals surface area contributed by atoms with Crippen molar-refractivity contribution >= 4 is 5.91 Å². The Labute approximate surface area is 145 Å². The molecule has 128 valence electrons. The van der Waals surface area contributed by atoms with Crippen LogP contribution in [0.2, 0.25) is 0 Å². The number of aromatic nitrogens is 6. The first-order valence-electron chi connectivity index (χ1n) is 8.35. The van der Waals surface area contributed by atoms with Crippen molar-refractivity contribution < 1.29 is 4.79 Å². The van der Waals surface area contributed by atoms with Crippen LogP contribution in [0.5, 0.6) is 0 Å². The van der Waals surface area contributed by atoms with Gasteiger partial charge in [-0.3, -0.25) is 9.48 Å². The summed E-state index contributed by atoms with van der Waals surface area (Å²) < 4.78 is 3.38. The lowest BCUT2D eigenvalue weighted by Crippen LogP contribution is -2.40. The Morgan fingerprint density at radius 2 is 2.04 bits per heavy atom. The van der Waals surface area contributed by atoms with Crippen LogP contribution in [0.4, 0.5) is 0 Å². The highest BCUT2D eigenvalue weighted by Gasteiger charge is 2.30. The lowest BCUT2D eigenvalue weighted by molar-refractivity contribution is 0.0692. The molecule has 2 aromatic heterocycles. The number of para-hydroxylation sites is 1. The van der Waals surface area contributed by atoms with Gasteiger partial charge in [-0.15, -0.1) is 5.10 Å². The van der Waals surface area contributed by atoms with Crippen molar-refractivity contribution in [2.75, 3.05) is 13.1 Å². The van der Waals surface area contributed by atoms with E-state index < -0.39 is 0 Å². The van der Waals surface area contributed by atoms with E-state index in [1.807, 2.05) is 35.2 Å². The van der Waals surface area contributed by atoms with Crippen LogP contribution in [0, 0.1) is 0 Å². The third kappa shape index (κ3) is 2.90. The molecule has 1 amide bonds. The van der Waals surface area contributed by atoms with Gasteiger partial charge in [0.1, 0.15) is 5.69 Å². The second kappa shape index (κ2) is 6.46. The summed E-state index contributed by atoms with van der Waals surface area (Å²) in [5, 5.41) is 16.3. The van der Waals surface area contributed by atoms with Gasteiger partial charge in [0.05, 0.1) is 5.69 Å². The minimum atomic E-state index is 0.00318. The van der Waals surface area contributed by atoms with Gasteiger partial charge >= 0.3 is 0 Å². The summed E-state index contributed by atoms with van der Waals surface area (Å²) in [6, 6.07) is 11.6. The van der Waals surface area contributed by atoms with E-state index in [0.717, 1.165) is 30.9 Å². The minimum absolute atomic E-state index is 0.00318. The summed E-state index contributed by atoms with van der Waals surface area (Å²) in [5.41, 5.74) is 1.53. The van der Waals surface area contributed by atoms with E-state index in [-0.39, 0.29) is 11.8 Å². The number of rotatable bonds is 3. The number of tetrazole rings is 1. The second-order valence-corrected chi connectivity index (χ2v) is 6.21. The summed E-state index contributed by atoms with van der Waals surface area (Å²) in [7, 11) is 1.78. The molecule has 1 saturated heterocycles. The molecule has 1 aliphatic heterocycles. The molecule has 8 nitrogen and oxygen atoms in total. The third-order valence-corrected chi connectivity index (χ3v) is 4.61. The molecule has 8 heteroatoms. The van der Waals surface area contributed by atoms with Crippen LogP contribution >= 0.6 is 0 Å². The van der Waals surface area contributed by atoms with Gasteiger partial charge in [0, 0.05) is 32.3 Å². The van der Waals surface area contributed by atoms with Crippen molar-refractivity contribution in [2.45, 2.75) is 18.8 Å². The highest BCUT2D eigenvalue weighted by Crippen LogP contribution is 2.27. The number of nitrogens with zero attached hydrogens (tertiary/aromatic N) is 7. The molecule has 1 aromatic carbocycles. The predicted octanol–water partition coefficient (Wildman–Crippen LogP) is 1.42. The molecule has 1 unspecified atom stereocenters. The number of likely N-dealkylation sites (tertiary alicyclic amines) is 1. The lowest BCUT2D eigenvalue weighted by Gasteiger charge is -2.32. The molecule has 3 aromatic rings. The Kier molecular flexibility index (Phi) is 4.01. The average molecular weight is 337 g/mol. The smallest absolute Gasteiger partial charge is 0.272 e. The number of amides is 1. The quantitative estimate of drug-likeness (QED) is 0.722. The van der Waals surface area contributed by atoms with Crippen LogP contribution in [0.15, 0.2) is 42.6 Å². The molecule has 0 spiro atoms.